The zero-order chi connectivity index (χ0) is 19.5. The van der Waals surface area contributed by atoms with Crippen molar-refractivity contribution in [2.24, 2.45) is 17.3 Å². The highest BCUT2D eigenvalue weighted by Gasteiger charge is 2.29. The predicted octanol–water partition coefficient (Wildman–Crippen LogP) is 6.70. The quantitative estimate of drug-likeness (QED) is 0.272. The maximum atomic E-state index is 6.08. The minimum atomic E-state index is -0.190. The highest BCUT2D eigenvalue weighted by atomic mass is 16.6. The number of hydrogen-bond acceptors (Lipinski definition) is 2. The van der Waals surface area contributed by atoms with E-state index in [9.17, 15) is 0 Å². The summed E-state index contributed by atoms with van der Waals surface area (Å²) in [4.78, 5) is 0. The molecule has 25 heavy (non-hydrogen) atoms. The second kappa shape index (κ2) is 11.7. The average molecular weight is 348 g/mol. The van der Waals surface area contributed by atoms with E-state index in [0.717, 1.165) is 19.2 Å². The topological polar surface area (TPSA) is 18.5 Å². The van der Waals surface area contributed by atoms with E-state index < -0.39 is 0 Å². The van der Waals surface area contributed by atoms with Crippen molar-refractivity contribution < 1.29 is 9.31 Å². The Morgan fingerprint density at radius 2 is 1.72 bits per heavy atom. The summed E-state index contributed by atoms with van der Waals surface area (Å²) in [7, 11) is 1.52. The molecule has 0 aromatic rings. The molecule has 0 aliphatic heterocycles. The van der Waals surface area contributed by atoms with Gasteiger partial charge in [-0.05, 0) is 43.9 Å². The van der Waals surface area contributed by atoms with Crippen LogP contribution in [0.3, 0.4) is 0 Å². The molecule has 0 bridgehead atoms. The Morgan fingerprint density at radius 3 is 2.20 bits per heavy atom. The Hall–Kier alpha value is -0.795. The number of allylic oxidation sites excluding steroid dienone is 5. The van der Waals surface area contributed by atoms with Crippen LogP contribution in [0, 0.1) is 17.3 Å². The Bertz CT molecular complexity index is 422. The highest BCUT2D eigenvalue weighted by Crippen LogP contribution is 2.34. The lowest BCUT2D eigenvalue weighted by Gasteiger charge is -2.32. The fourth-order valence-corrected chi connectivity index (χ4v) is 2.39. The Balaban J connectivity index is 4.48. The maximum absolute atomic E-state index is 6.08. The predicted molar refractivity (Wildman–Crippen MR) is 113 cm³/mol. The van der Waals surface area contributed by atoms with Crippen molar-refractivity contribution in [3.05, 3.63) is 37.0 Å². The molecule has 144 valence electrons. The summed E-state index contributed by atoms with van der Waals surface area (Å²) in [6.45, 7) is 19.4. The van der Waals surface area contributed by atoms with Crippen LogP contribution in [0.4, 0.5) is 0 Å². The molecule has 2 nitrogen and oxygen atoms in total. The molecule has 0 spiro atoms. The second-order valence-corrected chi connectivity index (χ2v) is 8.39. The molecular weight excluding hydrogens is 307 g/mol. The number of hydrogen-bond donors (Lipinski definition) is 0. The largest absolute Gasteiger partial charge is 0.461 e. The number of rotatable bonds is 13. The Kier molecular flexibility index (Phi) is 11.4. The zero-order valence-corrected chi connectivity index (χ0v) is 18.0. The standard InChI is InChI=1S/C22H41BO2/c1-10-16-20(21(5,6)11-2)17-14-12-13-15-18-23(24-9)25-22(7,8)19(3)4/h10,13-15,17,19-20H,1,11-12,16,18H2,2-9H3/b15-13+,17-14-/t20-/m1/s1. The minimum Gasteiger partial charge on any atom is -0.414 e. The van der Waals surface area contributed by atoms with Gasteiger partial charge in [-0.15, -0.1) is 6.58 Å². The van der Waals surface area contributed by atoms with Gasteiger partial charge < -0.3 is 9.31 Å². The van der Waals surface area contributed by atoms with Gasteiger partial charge in [-0.1, -0.05) is 71.4 Å². The summed E-state index contributed by atoms with van der Waals surface area (Å²) in [5, 5.41) is 0. The lowest BCUT2D eigenvalue weighted by Crippen LogP contribution is -2.38. The lowest BCUT2D eigenvalue weighted by atomic mass is 9.75. The molecule has 0 aromatic heterocycles. The molecule has 0 aromatic carbocycles. The molecule has 0 saturated heterocycles. The van der Waals surface area contributed by atoms with E-state index in [1.807, 2.05) is 6.08 Å². The Morgan fingerprint density at radius 1 is 1.08 bits per heavy atom. The van der Waals surface area contributed by atoms with Gasteiger partial charge in [0.25, 0.3) is 0 Å². The van der Waals surface area contributed by atoms with E-state index in [1.54, 1.807) is 7.11 Å². The maximum Gasteiger partial charge on any atom is 0.461 e. The first kappa shape index (κ1) is 24.2. The molecule has 3 heteroatoms. The summed E-state index contributed by atoms with van der Waals surface area (Å²) >= 11 is 0. The van der Waals surface area contributed by atoms with Crippen LogP contribution >= 0.6 is 0 Å². The van der Waals surface area contributed by atoms with Crippen LogP contribution in [0.5, 0.6) is 0 Å². The average Bonchev–Trinajstić information content (AvgIpc) is 2.55. The third-order valence-electron chi connectivity index (χ3n) is 5.56. The molecule has 0 unspecified atom stereocenters. The Labute approximate surface area is 157 Å². The molecule has 0 radical (unpaired) electrons. The van der Waals surface area contributed by atoms with Crippen molar-refractivity contribution in [2.45, 2.75) is 79.6 Å². The molecule has 0 N–H and O–H groups in total. The molecular formula is C22H41BO2. The van der Waals surface area contributed by atoms with Crippen LogP contribution in [-0.4, -0.2) is 19.8 Å². The van der Waals surface area contributed by atoms with Crippen LogP contribution in [0.15, 0.2) is 37.0 Å². The van der Waals surface area contributed by atoms with E-state index >= 15 is 0 Å². The molecule has 0 rings (SSSR count). The summed E-state index contributed by atoms with van der Waals surface area (Å²) in [6, 6.07) is 0. The summed E-state index contributed by atoms with van der Waals surface area (Å²) in [5.41, 5.74) is 0.129. The first-order chi connectivity index (χ1) is 11.6. The summed E-state index contributed by atoms with van der Waals surface area (Å²) in [6.07, 6.45) is 14.9. The van der Waals surface area contributed by atoms with Crippen molar-refractivity contribution in [3.63, 3.8) is 0 Å². The zero-order valence-electron chi connectivity index (χ0n) is 18.0. The van der Waals surface area contributed by atoms with Gasteiger partial charge in [0.1, 0.15) is 0 Å². The van der Waals surface area contributed by atoms with Crippen LogP contribution in [0.2, 0.25) is 6.32 Å². The second-order valence-electron chi connectivity index (χ2n) is 8.39. The molecule has 0 heterocycles. The van der Waals surface area contributed by atoms with Gasteiger partial charge in [-0.25, -0.2) is 0 Å². The van der Waals surface area contributed by atoms with Gasteiger partial charge in [-0.2, -0.15) is 0 Å². The van der Waals surface area contributed by atoms with Gasteiger partial charge in [0, 0.05) is 13.4 Å². The van der Waals surface area contributed by atoms with E-state index in [4.69, 9.17) is 9.31 Å². The third kappa shape index (κ3) is 9.46. The molecule has 1 atom stereocenters. The van der Waals surface area contributed by atoms with Crippen molar-refractivity contribution in [3.8, 4) is 0 Å². The van der Waals surface area contributed by atoms with Crippen molar-refractivity contribution in [1.82, 2.24) is 0 Å². The third-order valence-corrected chi connectivity index (χ3v) is 5.56. The van der Waals surface area contributed by atoms with Crippen LogP contribution in [0.25, 0.3) is 0 Å². The summed E-state index contributed by atoms with van der Waals surface area (Å²) < 4.78 is 11.6. The van der Waals surface area contributed by atoms with Crippen LogP contribution < -0.4 is 0 Å². The van der Waals surface area contributed by atoms with Crippen molar-refractivity contribution in [2.75, 3.05) is 7.11 Å². The van der Waals surface area contributed by atoms with Crippen molar-refractivity contribution >= 4 is 7.12 Å². The van der Waals surface area contributed by atoms with E-state index in [1.165, 1.54) is 6.42 Å². The molecule has 0 saturated carbocycles. The molecule has 0 aliphatic carbocycles. The van der Waals surface area contributed by atoms with Gasteiger partial charge >= 0.3 is 7.12 Å². The fourth-order valence-electron chi connectivity index (χ4n) is 2.39. The van der Waals surface area contributed by atoms with Gasteiger partial charge in [0.05, 0.1) is 5.60 Å². The first-order valence-corrected chi connectivity index (χ1v) is 9.73. The van der Waals surface area contributed by atoms with Gasteiger partial charge in [0.2, 0.25) is 0 Å². The molecule has 0 fully saturated rings. The molecule has 0 amide bonds. The van der Waals surface area contributed by atoms with Gasteiger partial charge in [-0.3, -0.25) is 0 Å². The monoisotopic (exact) mass is 348 g/mol. The first-order valence-electron chi connectivity index (χ1n) is 9.73. The SMILES string of the molecule is C=CC[C@H](/C=C\C/C=C/CB(OC)OC(C)(C)C(C)C)C(C)(C)CC. The van der Waals surface area contributed by atoms with E-state index in [2.05, 4.69) is 79.3 Å². The fraction of sp³-hybridized carbons (Fsp3) is 0.727. The van der Waals surface area contributed by atoms with Crippen molar-refractivity contribution in [1.29, 1.82) is 0 Å². The lowest BCUT2D eigenvalue weighted by molar-refractivity contribution is 0.0332. The normalized spacial score (nSPS) is 14.6. The van der Waals surface area contributed by atoms with Gasteiger partial charge in [0.15, 0.2) is 0 Å². The van der Waals surface area contributed by atoms with E-state index in [0.29, 0.717) is 17.3 Å². The highest BCUT2D eigenvalue weighted by molar-refractivity contribution is 6.45. The summed E-state index contributed by atoms with van der Waals surface area (Å²) in [5.74, 6) is 0.992. The van der Waals surface area contributed by atoms with Crippen LogP contribution in [0.1, 0.15) is 67.7 Å². The minimum absolute atomic E-state index is 0.182. The van der Waals surface area contributed by atoms with Crippen LogP contribution in [-0.2, 0) is 9.31 Å². The molecule has 0 aliphatic rings. The smallest absolute Gasteiger partial charge is 0.414 e. The van der Waals surface area contributed by atoms with E-state index in [-0.39, 0.29) is 12.7 Å².